The van der Waals surface area contributed by atoms with Crippen LogP contribution in [-0.2, 0) is 24.3 Å². The Kier molecular flexibility index (Phi) is 14.8. The van der Waals surface area contributed by atoms with Gasteiger partial charge in [0.25, 0.3) is 0 Å². The number of halogens is 5. The van der Waals surface area contributed by atoms with Crippen LogP contribution in [-0.4, -0.2) is 58.4 Å². The number of fused-ring (bicyclic) bond motifs is 6. The largest absolute Gasteiger partial charge is 1.00 e. The van der Waals surface area contributed by atoms with Crippen molar-refractivity contribution < 1.29 is 57.5 Å². The van der Waals surface area contributed by atoms with Crippen LogP contribution in [0.2, 0.25) is 10.0 Å². The summed E-state index contributed by atoms with van der Waals surface area (Å²) in [5.74, 6) is -0.0533. The molecule has 6 aliphatic heterocycles. The second-order valence-corrected chi connectivity index (χ2v) is 19.9. The lowest BCUT2D eigenvalue weighted by Gasteiger charge is -2.60. The molecule has 9 heteroatoms. The average molecular weight is 1030 g/mol. The zero-order valence-electron chi connectivity index (χ0n) is 36.6. The molecular weight excluding hydrogens is 970 g/mol. The van der Waals surface area contributed by atoms with E-state index in [1.165, 1.54) is 5.56 Å². The van der Waals surface area contributed by atoms with Crippen molar-refractivity contribution in [3.63, 3.8) is 0 Å². The van der Waals surface area contributed by atoms with Gasteiger partial charge in [-0.05, 0) is 46.9 Å². The molecule has 4 nitrogen and oxygen atoms in total. The van der Waals surface area contributed by atoms with Crippen molar-refractivity contribution >= 4 is 23.2 Å². The normalized spacial score (nSPS) is 24.7. The third-order valence-corrected chi connectivity index (χ3v) is 16.7. The number of benzene rings is 6. The molecule has 64 heavy (non-hydrogen) atoms. The van der Waals surface area contributed by atoms with E-state index in [1.807, 2.05) is 110 Å². The molecule has 6 aromatic rings. The molecule has 0 amide bonds. The Morgan fingerprint density at radius 1 is 0.484 bits per heavy atom. The number of rotatable bonds is 10. The van der Waals surface area contributed by atoms with Gasteiger partial charge in [-0.1, -0.05) is 169 Å². The van der Waals surface area contributed by atoms with Gasteiger partial charge < -0.3 is 53.1 Å². The molecule has 0 saturated carbocycles. The Labute approximate surface area is 410 Å². The highest BCUT2D eigenvalue weighted by Crippen LogP contribution is 2.59. The predicted octanol–water partition coefficient (Wildman–Crippen LogP) is 6.01. The van der Waals surface area contributed by atoms with Gasteiger partial charge in [0.2, 0.25) is 0 Å². The maximum Gasteiger partial charge on any atom is 0.134 e. The Bertz CT molecular complexity index is 2370. The van der Waals surface area contributed by atoms with Crippen LogP contribution in [0.3, 0.4) is 0 Å². The minimum atomic E-state index is -1.01. The van der Waals surface area contributed by atoms with Crippen LogP contribution < -0.4 is 34.0 Å². The van der Waals surface area contributed by atoms with Crippen molar-refractivity contribution in [1.82, 2.24) is 0 Å². The maximum atomic E-state index is 14.7. The lowest BCUT2D eigenvalue weighted by molar-refractivity contribution is -0.958. The van der Waals surface area contributed by atoms with Gasteiger partial charge in [-0.25, -0.2) is 4.39 Å². The van der Waals surface area contributed by atoms with Crippen LogP contribution in [0, 0.1) is 23.6 Å². The molecule has 0 spiro atoms. The van der Waals surface area contributed by atoms with E-state index in [-0.39, 0.29) is 50.6 Å². The fraction of sp³-hybridized carbons (Fsp3) is 0.345. The molecule has 6 heterocycles. The molecule has 0 aliphatic carbocycles. The lowest BCUT2D eigenvalue weighted by atomic mass is 9.56. The topological polar surface area (TPSA) is 40.5 Å². The molecule has 6 fully saturated rings. The van der Waals surface area contributed by atoms with Crippen LogP contribution >= 0.6 is 23.2 Å². The van der Waals surface area contributed by atoms with Gasteiger partial charge in [0.05, 0.1) is 49.3 Å². The van der Waals surface area contributed by atoms with E-state index in [4.69, 9.17) is 23.2 Å². The zero-order valence-corrected chi connectivity index (χ0v) is 41.3. The standard InChI is InChI=1S/C28H31FNO.C27H28Cl2NO.2BrH/c1-22-9-8-10-23(26(22)29)21-30-18-15-27(16-19-30,17-20-30)28(31,24-11-4-2-5-12-24)25-13-6-3-7-14-25;28-24-12-11-21(19-25(24)29)20-30-16-13-26(14-17-30,15-18-30)27(31,22-7-3-1-4-8-22)23-9-5-2-6-10-23;;/h2-14,31H,15-21H2,1H3;1-12,19,31H,13-18,20H2;2*1H/q2*+1;;/p-2. The molecule has 0 atom stereocenters. The van der Waals surface area contributed by atoms with Crippen molar-refractivity contribution in [3.8, 4) is 0 Å². The molecule has 336 valence electrons. The molecule has 6 aliphatic rings. The number of nitrogens with zero attached hydrogens (tertiary/aromatic N) is 2. The molecule has 6 saturated heterocycles. The molecule has 4 bridgehead atoms. The number of piperidine rings is 6. The van der Waals surface area contributed by atoms with Crippen molar-refractivity contribution in [2.45, 2.75) is 69.7 Å². The van der Waals surface area contributed by atoms with Crippen LogP contribution in [0.4, 0.5) is 4.39 Å². The molecule has 2 N–H and O–H groups in total. The summed E-state index contributed by atoms with van der Waals surface area (Å²) in [6.07, 6.45) is 5.86. The van der Waals surface area contributed by atoms with Crippen LogP contribution in [0.5, 0.6) is 0 Å². The highest BCUT2D eigenvalue weighted by Gasteiger charge is 2.61. The van der Waals surface area contributed by atoms with E-state index in [0.29, 0.717) is 10.0 Å². The molecule has 0 unspecified atom stereocenters. The summed E-state index contributed by atoms with van der Waals surface area (Å²) in [6.45, 7) is 9.73. The summed E-state index contributed by atoms with van der Waals surface area (Å²) < 4.78 is 16.7. The first-order valence-corrected chi connectivity index (χ1v) is 23.3. The van der Waals surface area contributed by atoms with Crippen LogP contribution in [0.25, 0.3) is 0 Å². The van der Waals surface area contributed by atoms with Crippen LogP contribution in [0.1, 0.15) is 77.5 Å². The van der Waals surface area contributed by atoms with E-state index in [0.717, 1.165) is 133 Å². The Morgan fingerprint density at radius 2 is 0.844 bits per heavy atom. The minimum absolute atomic E-state index is 0. The van der Waals surface area contributed by atoms with Gasteiger partial charge in [0, 0.05) is 60.5 Å². The number of quaternary nitrogens is 2. The number of aryl methyl sites for hydroxylation is 1. The average Bonchev–Trinajstić information content (AvgIpc) is 3.33. The summed E-state index contributed by atoms with van der Waals surface area (Å²) in [4.78, 5) is 0. The quantitative estimate of drug-likeness (QED) is 0.165. The number of hydrogen-bond acceptors (Lipinski definition) is 2. The Hall–Kier alpha value is -3.37. The van der Waals surface area contributed by atoms with Gasteiger partial charge in [0.15, 0.2) is 0 Å². The van der Waals surface area contributed by atoms with Crippen LogP contribution in [0.15, 0.2) is 158 Å². The first kappa shape index (κ1) is 48.6. The number of aliphatic hydroxyl groups is 2. The lowest BCUT2D eigenvalue weighted by Crippen LogP contribution is -3.00. The second kappa shape index (κ2) is 19.5. The molecular formula is C55H59Br2Cl2FN2O2. The third-order valence-electron chi connectivity index (χ3n) is 16.0. The first-order chi connectivity index (χ1) is 29.9. The fourth-order valence-corrected chi connectivity index (χ4v) is 12.5. The van der Waals surface area contributed by atoms with Gasteiger partial charge in [-0.3, -0.25) is 0 Å². The SMILES string of the molecule is Cc1cccc(C[N+]23CCC(C(O)(c4ccccc4)c4ccccc4)(CC2)CC3)c1F.OC(c1ccccc1)(c1ccccc1)C12CC[N+](Cc3ccc(Cl)c(Cl)c3)(CC1)CC2.[Br-].[Br-]. The first-order valence-electron chi connectivity index (χ1n) is 22.5. The van der Waals surface area contributed by atoms with Gasteiger partial charge in [-0.15, -0.1) is 0 Å². The summed E-state index contributed by atoms with van der Waals surface area (Å²) in [7, 11) is 0. The van der Waals surface area contributed by atoms with Gasteiger partial charge >= 0.3 is 0 Å². The smallest absolute Gasteiger partial charge is 0.134 e. The van der Waals surface area contributed by atoms with Gasteiger partial charge in [0.1, 0.15) is 30.1 Å². The van der Waals surface area contributed by atoms with Crippen molar-refractivity contribution in [2.24, 2.45) is 10.8 Å². The zero-order chi connectivity index (χ0) is 43.1. The van der Waals surface area contributed by atoms with E-state index in [9.17, 15) is 14.6 Å². The van der Waals surface area contributed by atoms with Crippen molar-refractivity contribution in [1.29, 1.82) is 0 Å². The second-order valence-electron chi connectivity index (χ2n) is 19.1. The summed E-state index contributed by atoms with van der Waals surface area (Å²) >= 11 is 12.4. The monoisotopic (exact) mass is 1030 g/mol. The van der Waals surface area contributed by atoms with Crippen molar-refractivity contribution in [2.75, 3.05) is 39.3 Å². The maximum absolute atomic E-state index is 14.7. The Morgan fingerprint density at radius 3 is 1.20 bits per heavy atom. The van der Waals surface area contributed by atoms with Gasteiger partial charge in [-0.2, -0.15) is 0 Å². The molecule has 0 aromatic heterocycles. The summed E-state index contributed by atoms with van der Waals surface area (Å²) in [6, 6.07) is 52.7. The number of hydrogen-bond donors (Lipinski definition) is 2. The third kappa shape index (κ3) is 8.70. The predicted molar refractivity (Wildman–Crippen MR) is 249 cm³/mol. The summed E-state index contributed by atoms with van der Waals surface area (Å²) in [5.41, 5.74) is 4.44. The van der Waals surface area contributed by atoms with E-state index in [2.05, 4.69) is 54.6 Å². The fourth-order valence-electron chi connectivity index (χ4n) is 12.2. The van der Waals surface area contributed by atoms with E-state index < -0.39 is 11.2 Å². The van der Waals surface area contributed by atoms with E-state index in [1.54, 1.807) is 0 Å². The minimum Gasteiger partial charge on any atom is -1.00 e. The highest BCUT2D eigenvalue weighted by molar-refractivity contribution is 6.42. The van der Waals surface area contributed by atoms with E-state index >= 15 is 0 Å². The van der Waals surface area contributed by atoms with Crippen molar-refractivity contribution in [3.05, 3.63) is 213 Å². The Balaban J connectivity index is 0.000000186. The molecule has 6 aromatic carbocycles. The highest BCUT2D eigenvalue weighted by atomic mass is 79.9. The summed E-state index contributed by atoms with van der Waals surface area (Å²) in [5, 5.41) is 26.1. The molecule has 12 rings (SSSR count). The molecule has 0 radical (unpaired) electrons.